The van der Waals surface area contributed by atoms with E-state index < -0.39 is 0 Å². The first-order chi connectivity index (χ1) is 10.5. The number of carbonyl (C=O) groups is 1. The number of aryl methyl sites for hydroxylation is 2. The Morgan fingerprint density at radius 3 is 2.86 bits per heavy atom. The summed E-state index contributed by atoms with van der Waals surface area (Å²) in [5.74, 6) is -0.118. The van der Waals surface area contributed by atoms with E-state index in [4.69, 9.17) is 11.6 Å². The number of nitrogens with zero attached hydrogens (tertiary/aromatic N) is 3. The quantitative estimate of drug-likeness (QED) is 0.781. The normalized spacial score (nSPS) is 10.9. The molecule has 0 atom stereocenters. The smallest absolute Gasteiger partial charge is 0.263 e. The Kier molecular flexibility index (Phi) is 4.28. The highest BCUT2D eigenvalue weighted by Crippen LogP contribution is 2.34. The Morgan fingerprint density at radius 2 is 2.23 bits per heavy atom. The second-order valence-electron chi connectivity index (χ2n) is 4.74. The summed E-state index contributed by atoms with van der Waals surface area (Å²) in [7, 11) is 1.84. The molecule has 0 aliphatic heterocycles. The lowest BCUT2D eigenvalue weighted by Crippen LogP contribution is -2.22. The second kappa shape index (κ2) is 6.20. The van der Waals surface area contributed by atoms with Crippen LogP contribution >= 0.6 is 34.3 Å². The van der Waals surface area contributed by atoms with Crippen LogP contribution in [0.5, 0.6) is 0 Å². The van der Waals surface area contributed by atoms with E-state index in [-0.39, 0.29) is 5.91 Å². The summed E-state index contributed by atoms with van der Waals surface area (Å²) in [4.78, 5) is 18.4. The molecule has 0 fully saturated rings. The van der Waals surface area contributed by atoms with E-state index >= 15 is 0 Å². The molecule has 114 valence electrons. The van der Waals surface area contributed by atoms with Gasteiger partial charge in [0.05, 0.1) is 21.1 Å². The van der Waals surface area contributed by atoms with Crippen molar-refractivity contribution in [1.29, 1.82) is 0 Å². The topological polar surface area (TPSA) is 59.8 Å². The first kappa shape index (κ1) is 15.2. The zero-order chi connectivity index (χ0) is 15.7. The fraction of sp³-hybridized carbons (Fsp3) is 0.214. The first-order valence-electron chi connectivity index (χ1n) is 6.52. The minimum Gasteiger partial charge on any atom is -0.347 e. The van der Waals surface area contributed by atoms with Crippen LogP contribution in [0.15, 0.2) is 24.5 Å². The van der Waals surface area contributed by atoms with Crippen molar-refractivity contribution in [3.63, 3.8) is 0 Å². The van der Waals surface area contributed by atoms with Crippen molar-refractivity contribution in [2.75, 3.05) is 0 Å². The van der Waals surface area contributed by atoms with E-state index in [2.05, 4.69) is 15.4 Å². The molecule has 0 saturated carbocycles. The van der Waals surface area contributed by atoms with Crippen molar-refractivity contribution in [2.24, 2.45) is 7.05 Å². The molecule has 3 rings (SSSR count). The van der Waals surface area contributed by atoms with Gasteiger partial charge < -0.3 is 5.32 Å². The number of hydrogen-bond acceptors (Lipinski definition) is 5. The molecule has 0 bridgehead atoms. The number of thiazole rings is 1. The maximum Gasteiger partial charge on any atom is 0.263 e. The fourth-order valence-corrected chi connectivity index (χ4v) is 4.05. The molecule has 0 unspecified atom stereocenters. The number of hydrogen-bond donors (Lipinski definition) is 1. The van der Waals surface area contributed by atoms with Crippen molar-refractivity contribution in [1.82, 2.24) is 20.1 Å². The summed E-state index contributed by atoms with van der Waals surface area (Å²) in [6, 6.07) is 3.75. The number of halogens is 1. The van der Waals surface area contributed by atoms with Gasteiger partial charge in [-0.05, 0) is 19.1 Å². The van der Waals surface area contributed by atoms with E-state index in [0.717, 1.165) is 21.1 Å². The summed E-state index contributed by atoms with van der Waals surface area (Å²) in [6.07, 6.45) is 3.61. The number of carbonyl (C=O) groups excluding carboxylic acids is 1. The van der Waals surface area contributed by atoms with Crippen molar-refractivity contribution in [2.45, 2.75) is 13.5 Å². The van der Waals surface area contributed by atoms with E-state index in [1.54, 1.807) is 10.9 Å². The highest BCUT2D eigenvalue weighted by molar-refractivity contribution is 7.24. The molecule has 3 aromatic rings. The van der Waals surface area contributed by atoms with Gasteiger partial charge in [-0.1, -0.05) is 11.6 Å². The molecule has 8 heteroatoms. The van der Waals surface area contributed by atoms with Crippen LogP contribution in [0.2, 0.25) is 4.34 Å². The van der Waals surface area contributed by atoms with Gasteiger partial charge in [0.1, 0.15) is 9.88 Å². The van der Waals surface area contributed by atoms with Gasteiger partial charge in [-0.25, -0.2) is 4.98 Å². The van der Waals surface area contributed by atoms with Gasteiger partial charge in [-0.3, -0.25) is 9.48 Å². The van der Waals surface area contributed by atoms with Gasteiger partial charge in [0.25, 0.3) is 5.91 Å². The number of nitrogens with one attached hydrogen (secondary N) is 1. The Balaban J connectivity index is 1.74. The third-order valence-electron chi connectivity index (χ3n) is 3.00. The molecular weight excluding hydrogens is 340 g/mol. The number of rotatable bonds is 4. The minimum atomic E-state index is -0.118. The lowest BCUT2D eigenvalue weighted by molar-refractivity contribution is 0.0954. The molecule has 5 nitrogen and oxygen atoms in total. The molecule has 1 N–H and O–H groups in total. The fourth-order valence-electron chi connectivity index (χ4n) is 1.97. The minimum absolute atomic E-state index is 0.118. The Bertz CT molecular complexity index is 821. The summed E-state index contributed by atoms with van der Waals surface area (Å²) in [5, 5.41) is 7.79. The van der Waals surface area contributed by atoms with Gasteiger partial charge >= 0.3 is 0 Å². The Morgan fingerprint density at radius 1 is 1.41 bits per heavy atom. The van der Waals surface area contributed by atoms with Crippen molar-refractivity contribution < 1.29 is 4.79 Å². The van der Waals surface area contributed by atoms with Gasteiger partial charge in [0, 0.05) is 25.4 Å². The van der Waals surface area contributed by atoms with Crippen LogP contribution in [0, 0.1) is 6.92 Å². The molecule has 0 aliphatic carbocycles. The molecule has 0 spiro atoms. The Labute approximate surface area is 140 Å². The molecule has 3 heterocycles. The Hall–Kier alpha value is -1.70. The monoisotopic (exact) mass is 352 g/mol. The van der Waals surface area contributed by atoms with Crippen molar-refractivity contribution >= 4 is 40.2 Å². The average molecular weight is 353 g/mol. The van der Waals surface area contributed by atoms with Gasteiger partial charge in [-0.2, -0.15) is 5.10 Å². The third kappa shape index (κ3) is 3.21. The highest BCUT2D eigenvalue weighted by Gasteiger charge is 2.17. The lowest BCUT2D eigenvalue weighted by atomic mass is 10.3. The van der Waals surface area contributed by atoms with Crippen molar-refractivity contribution in [3.8, 4) is 9.88 Å². The predicted octanol–water partition coefficient (Wildman–Crippen LogP) is 3.50. The molecule has 0 radical (unpaired) electrons. The van der Waals surface area contributed by atoms with Gasteiger partial charge in [0.15, 0.2) is 0 Å². The van der Waals surface area contributed by atoms with Crippen molar-refractivity contribution in [3.05, 3.63) is 45.0 Å². The van der Waals surface area contributed by atoms with Crippen LogP contribution in [-0.2, 0) is 13.6 Å². The molecule has 1 amide bonds. The standard InChI is InChI=1S/C14H13ClN4OS2/c1-8-12(13(20)16-5-9-6-17-19(2)7-9)22-14(18-8)10-3-4-11(15)21-10/h3-4,6-7H,5H2,1-2H3,(H,16,20). The SMILES string of the molecule is Cc1nc(-c2ccc(Cl)s2)sc1C(=O)NCc1cnn(C)c1. The molecule has 0 saturated heterocycles. The second-order valence-corrected chi connectivity index (χ2v) is 7.46. The number of aromatic nitrogens is 3. The largest absolute Gasteiger partial charge is 0.347 e. The van der Waals surface area contributed by atoms with E-state index in [9.17, 15) is 4.79 Å². The van der Waals surface area contributed by atoms with Gasteiger partial charge in [-0.15, -0.1) is 22.7 Å². The maximum absolute atomic E-state index is 12.3. The lowest BCUT2D eigenvalue weighted by Gasteiger charge is -2.01. The average Bonchev–Trinajstić information content (AvgIpc) is 3.17. The van der Waals surface area contributed by atoms with Crippen LogP contribution in [0.4, 0.5) is 0 Å². The number of thiophene rings is 1. The summed E-state index contributed by atoms with van der Waals surface area (Å²) in [6.45, 7) is 2.29. The first-order valence-corrected chi connectivity index (χ1v) is 8.53. The van der Waals surface area contributed by atoms with E-state index in [0.29, 0.717) is 15.8 Å². The maximum atomic E-state index is 12.3. The molecule has 0 aromatic carbocycles. The van der Waals surface area contributed by atoms with E-state index in [1.165, 1.54) is 22.7 Å². The molecular formula is C14H13ClN4OS2. The zero-order valence-electron chi connectivity index (χ0n) is 12.0. The molecule has 0 aliphatic rings. The van der Waals surface area contributed by atoms with Crippen LogP contribution in [0.3, 0.4) is 0 Å². The predicted molar refractivity (Wildman–Crippen MR) is 89.6 cm³/mol. The van der Waals surface area contributed by atoms with E-state index in [1.807, 2.05) is 32.3 Å². The van der Waals surface area contributed by atoms with Crippen LogP contribution < -0.4 is 5.32 Å². The summed E-state index contributed by atoms with van der Waals surface area (Å²) < 4.78 is 2.42. The van der Waals surface area contributed by atoms with Crippen LogP contribution in [-0.4, -0.2) is 20.7 Å². The van der Waals surface area contributed by atoms with Crippen LogP contribution in [0.1, 0.15) is 20.9 Å². The molecule has 22 heavy (non-hydrogen) atoms. The zero-order valence-corrected chi connectivity index (χ0v) is 14.3. The summed E-state index contributed by atoms with van der Waals surface area (Å²) in [5.41, 5.74) is 1.69. The van der Waals surface area contributed by atoms with Crippen LogP contribution in [0.25, 0.3) is 9.88 Å². The van der Waals surface area contributed by atoms with Gasteiger partial charge in [0.2, 0.25) is 0 Å². The summed E-state index contributed by atoms with van der Waals surface area (Å²) >= 11 is 8.79. The molecule has 3 aromatic heterocycles. The highest BCUT2D eigenvalue weighted by atomic mass is 35.5. The number of amides is 1. The third-order valence-corrected chi connectivity index (χ3v) is 5.55.